The Morgan fingerprint density at radius 2 is 1.81 bits per heavy atom. The summed E-state index contributed by atoms with van der Waals surface area (Å²) in [6, 6.07) is 6.80. The highest BCUT2D eigenvalue weighted by Crippen LogP contribution is 2.30. The van der Waals surface area contributed by atoms with E-state index in [1.54, 1.807) is 11.6 Å². The van der Waals surface area contributed by atoms with E-state index >= 15 is 0 Å². The van der Waals surface area contributed by atoms with Crippen LogP contribution in [-0.4, -0.2) is 33.8 Å². The van der Waals surface area contributed by atoms with E-state index in [2.05, 4.69) is 15.8 Å². The van der Waals surface area contributed by atoms with Crippen LogP contribution < -0.4 is 15.6 Å². The van der Waals surface area contributed by atoms with Crippen LogP contribution in [0, 0.1) is 11.6 Å². The van der Waals surface area contributed by atoms with Crippen LogP contribution in [0.3, 0.4) is 0 Å². The highest BCUT2D eigenvalue weighted by molar-refractivity contribution is 6.32. The number of rotatable bonds is 6. The SMILES string of the molecule is Cn1cnc(C(=O)NNC(=O)COc2c(F)cc(C(=O)c3ccc(F)cc3)cc2Cl)c1. The minimum atomic E-state index is -0.969. The molecule has 0 fully saturated rings. The molecule has 0 aliphatic carbocycles. The van der Waals surface area contributed by atoms with Gasteiger partial charge in [0, 0.05) is 24.4 Å². The summed E-state index contributed by atoms with van der Waals surface area (Å²) in [6.45, 7) is -0.662. The topological polar surface area (TPSA) is 102 Å². The second kappa shape index (κ2) is 9.35. The Bertz CT molecular complexity index is 1130. The molecule has 160 valence electrons. The van der Waals surface area contributed by atoms with Crippen molar-refractivity contribution in [2.75, 3.05) is 6.61 Å². The Morgan fingerprint density at radius 1 is 1.10 bits per heavy atom. The number of carbonyl (C=O) groups is 3. The maximum atomic E-state index is 14.4. The molecule has 8 nitrogen and oxygen atoms in total. The van der Waals surface area contributed by atoms with Crippen LogP contribution in [0.15, 0.2) is 48.9 Å². The van der Waals surface area contributed by atoms with Crippen LogP contribution in [0.1, 0.15) is 26.4 Å². The summed E-state index contributed by atoms with van der Waals surface area (Å²) in [6.07, 6.45) is 2.86. The molecule has 3 rings (SSSR count). The molecule has 0 aliphatic heterocycles. The normalized spacial score (nSPS) is 10.5. The minimum absolute atomic E-state index is 0.0754. The van der Waals surface area contributed by atoms with Crippen molar-refractivity contribution >= 4 is 29.2 Å². The number of carbonyl (C=O) groups excluding carboxylic acids is 3. The van der Waals surface area contributed by atoms with Crippen LogP contribution in [0.2, 0.25) is 5.02 Å². The summed E-state index contributed by atoms with van der Waals surface area (Å²) >= 11 is 6.00. The van der Waals surface area contributed by atoms with Crippen molar-refractivity contribution in [3.63, 3.8) is 0 Å². The molecular formula is C20H15ClF2N4O4. The summed E-state index contributed by atoms with van der Waals surface area (Å²) in [7, 11) is 1.67. The molecule has 0 aliphatic rings. The van der Waals surface area contributed by atoms with E-state index in [1.165, 1.54) is 30.7 Å². The number of hydrazine groups is 1. The number of nitrogens with one attached hydrogen (secondary N) is 2. The molecule has 0 saturated heterocycles. The van der Waals surface area contributed by atoms with E-state index in [0.29, 0.717) is 0 Å². The molecule has 0 unspecified atom stereocenters. The highest BCUT2D eigenvalue weighted by atomic mass is 35.5. The van der Waals surface area contributed by atoms with Crippen LogP contribution in [0.5, 0.6) is 5.75 Å². The fraction of sp³-hybridized carbons (Fsp3) is 0.100. The van der Waals surface area contributed by atoms with Crippen LogP contribution in [-0.2, 0) is 11.8 Å². The van der Waals surface area contributed by atoms with Crippen LogP contribution in [0.4, 0.5) is 8.78 Å². The molecule has 2 N–H and O–H groups in total. The Hall–Kier alpha value is -3.79. The van der Waals surface area contributed by atoms with Gasteiger partial charge < -0.3 is 9.30 Å². The fourth-order valence-electron chi connectivity index (χ4n) is 2.49. The molecule has 0 saturated carbocycles. The summed E-state index contributed by atoms with van der Waals surface area (Å²) in [5.74, 6) is -3.93. The third-order valence-corrected chi connectivity index (χ3v) is 4.25. The molecule has 1 aromatic heterocycles. The predicted octanol–water partition coefficient (Wildman–Crippen LogP) is 2.42. The average molecular weight is 449 g/mol. The molecule has 31 heavy (non-hydrogen) atoms. The minimum Gasteiger partial charge on any atom is -0.479 e. The summed E-state index contributed by atoms with van der Waals surface area (Å²) < 4.78 is 34.0. The smallest absolute Gasteiger partial charge is 0.289 e. The summed E-state index contributed by atoms with van der Waals surface area (Å²) in [5, 5.41) is -0.240. The first kappa shape index (κ1) is 21.9. The van der Waals surface area contributed by atoms with Crippen molar-refractivity contribution in [3.8, 4) is 5.75 Å². The van der Waals surface area contributed by atoms with Crippen molar-refractivity contribution in [3.05, 3.63) is 82.4 Å². The Labute approximate surface area is 179 Å². The molecule has 2 amide bonds. The van der Waals surface area contributed by atoms with Crippen molar-refractivity contribution < 1.29 is 27.9 Å². The van der Waals surface area contributed by atoms with Crippen LogP contribution >= 0.6 is 11.6 Å². The van der Waals surface area contributed by atoms with Gasteiger partial charge in [-0.05, 0) is 36.4 Å². The van der Waals surface area contributed by atoms with Crippen molar-refractivity contribution in [1.82, 2.24) is 20.4 Å². The number of aromatic nitrogens is 2. The second-order valence-corrected chi connectivity index (χ2v) is 6.73. The lowest BCUT2D eigenvalue weighted by atomic mass is 10.0. The van der Waals surface area contributed by atoms with E-state index in [1.807, 2.05) is 0 Å². The molecule has 0 bridgehead atoms. The molecular weight excluding hydrogens is 434 g/mol. The number of hydrogen-bond acceptors (Lipinski definition) is 5. The first-order valence-corrected chi connectivity index (χ1v) is 9.11. The molecule has 1 heterocycles. The lowest BCUT2D eigenvalue weighted by Gasteiger charge is -2.11. The number of amides is 2. The molecule has 2 aromatic carbocycles. The first-order chi connectivity index (χ1) is 14.7. The molecule has 3 aromatic rings. The zero-order valence-corrected chi connectivity index (χ0v) is 16.7. The zero-order chi connectivity index (χ0) is 22.5. The van der Waals surface area contributed by atoms with Gasteiger partial charge in [0.15, 0.2) is 24.0 Å². The summed E-state index contributed by atoms with van der Waals surface area (Å²) in [5.41, 5.74) is 4.38. The summed E-state index contributed by atoms with van der Waals surface area (Å²) in [4.78, 5) is 39.9. The molecule has 11 heteroatoms. The van der Waals surface area contributed by atoms with Gasteiger partial charge in [0.25, 0.3) is 11.8 Å². The van der Waals surface area contributed by atoms with Crippen LogP contribution in [0.25, 0.3) is 0 Å². The van der Waals surface area contributed by atoms with Gasteiger partial charge in [-0.1, -0.05) is 11.6 Å². The highest BCUT2D eigenvalue weighted by Gasteiger charge is 2.18. The third-order valence-electron chi connectivity index (χ3n) is 3.97. The lowest BCUT2D eigenvalue weighted by molar-refractivity contribution is -0.123. The molecule has 0 radical (unpaired) electrons. The average Bonchev–Trinajstić information content (AvgIpc) is 3.17. The van der Waals surface area contributed by atoms with E-state index < -0.39 is 41.6 Å². The maximum absolute atomic E-state index is 14.4. The maximum Gasteiger partial charge on any atom is 0.289 e. The van der Waals surface area contributed by atoms with E-state index in [-0.39, 0.29) is 21.8 Å². The first-order valence-electron chi connectivity index (χ1n) is 8.74. The van der Waals surface area contributed by atoms with E-state index in [4.69, 9.17) is 16.3 Å². The lowest BCUT2D eigenvalue weighted by Crippen LogP contribution is -2.44. The zero-order valence-electron chi connectivity index (χ0n) is 16.0. The van der Waals surface area contributed by atoms with E-state index in [0.717, 1.165) is 18.2 Å². The van der Waals surface area contributed by atoms with Gasteiger partial charge in [0.2, 0.25) is 0 Å². The van der Waals surface area contributed by atoms with Crippen molar-refractivity contribution in [1.29, 1.82) is 0 Å². The second-order valence-electron chi connectivity index (χ2n) is 6.32. The Morgan fingerprint density at radius 3 is 2.42 bits per heavy atom. The molecule has 0 atom stereocenters. The van der Waals surface area contributed by atoms with Gasteiger partial charge in [-0.15, -0.1) is 0 Å². The standard InChI is InChI=1S/C20H15ClF2N4O4/c1-27-8-16(24-10-27)20(30)26-25-17(28)9-31-19-14(21)6-12(7-15(19)23)18(29)11-2-4-13(22)5-3-11/h2-8,10H,9H2,1H3,(H,25,28)(H,26,30). The van der Waals surface area contributed by atoms with Gasteiger partial charge in [0.05, 0.1) is 11.3 Å². The molecule has 0 spiro atoms. The van der Waals surface area contributed by atoms with Gasteiger partial charge in [-0.2, -0.15) is 0 Å². The number of hydrogen-bond donors (Lipinski definition) is 2. The Balaban J connectivity index is 1.60. The van der Waals surface area contributed by atoms with Gasteiger partial charge >= 0.3 is 0 Å². The van der Waals surface area contributed by atoms with Crippen molar-refractivity contribution in [2.24, 2.45) is 7.05 Å². The van der Waals surface area contributed by atoms with Crippen molar-refractivity contribution in [2.45, 2.75) is 0 Å². The monoisotopic (exact) mass is 448 g/mol. The third kappa shape index (κ3) is 5.43. The van der Waals surface area contributed by atoms with Gasteiger partial charge in [-0.3, -0.25) is 25.2 Å². The number of aryl methyl sites for hydroxylation is 1. The predicted molar refractivity (Wildman–Crippen MR) is 106 cm³/mol. The van der Waals surface area contributed by atoms with E-state index in [9.17, 15) is 23.2 Å². The number of ether oxygens (including phenoxy) is 1. The number of benzene rings is 2. The number of ketones is 1. The number of imidazole rings is 1. The van der Waals surface area contributed by atoms with Gasteiger partial charge in [0.1, 0.15) is 11.5 Å². The Kier molecular flexibility index (Phi) is 6.61. The number of nitrogens with zero attached hydrogens (tertiary/aromatic N) is 2. The fourth-order valence-corrected chi connectivity index (χ4v) is 2.75. The quantitative estimate of drug-likeness (QED) is 0.445. The van der Waals surface area contributed by atoms with Gasteiger partial charge in [-0.25, -0.2) is 13.8 Å². The number of halogens is 3. The largest absolute Gasteiger partial charge is 0.479 e.